The molecule has 21 heavy (non-hydrogen) atoms. The maximum absolute atomic E-state index is 12.2. The van der Waals surface area contributed by atoms with Gasteiger partial charge in [-0.05, 0) is 32.9 Å². The molecule has 1 atom stereocenters. The minimum atomic E-state index is -0.335. The van der Waals surface area contributed by atoms with E-state index >= 15 is 0 Å². The Morgan fingerprint density at radius 3 is 2.33 bits per heavy atom. The molecule has 4 N–H and O–H groups in total. The lowest BCUT2D eigenvalue weighted by atomic mass is 10.1. The number of hydrogen-bond donors (Lipinski definition) is 3. The van der Waals surface area contributed by atoms with Gasteiger partial charge in [0.1, 0.15) is 0 Å². The van der Waals surface area contributed by atoms with Crippen LogP contribution in [0.5, 0.6) is 0 Å². The standard InChI is InChI=1S/C15H23N3O2.ClH/c1-10(9-16)13(19)17-12-8-6-5-7-11(12)14(20)18-15(2,3)4;/h5-8,10H,9,16H2,1-4H3,(H,17,19)(H,18,20);1H. The molecule has 1 aromatic carbocycles. The molecule has 0 saturated heterocycles. The first-order valence-corrected chi connectivity index (χ1v) is 6.67. The molecule has 0 saturated carbocycles. The van der Waals surface area contributed by atoms with Gasteiger partial charge in [0.25, 0.3) is 5.91 Å². The summed E-state index contributed by atoms with van der Waals surface area (Å²) in [4.78, 5) is 24.1. The van der Waals surface area contributed by atoms with Gasteiger partial charge in [-0.3, -0.25) is 9.59 Å². The van der Waals surface area contributed by atoms with Crippen LogP contribution in [0.1, 0.15) is 38.1 Å². The van der Waals surface area contributed by atoms with Crippen LogP contribution in [-0.4, -0.2) is 23.9 Å². The Labute approximate surface area is 132 Å². The third-order valence-corrected chi connectivity index (χ3v) is 2.72. The van der Waals surface area contributed by atoms with Gasteiger partial charge in [-0.25, -0.2) is 0 Å². The highest BCUT2D eigenvalue weighted by Crippen LogP contribution is 2.17. The number of para-hydroxylation sites is 1. The highest BCUT2D eigenvalue weighted by atomic mass is 35.5. The fourth-order valence-corrected chi connectivity index (χ4v) is 1.56. The Hall–Kier alpha value is -1.59. The lowest BCUT2D eigenvalue weighted by Crippen LogP contribution is -2.41. The number of carbonyl (C=O) groups is 2. The fraction of sp³-hybridized carbons (Fsp3) is 0.467. The number of nitrogens with two attached hydrogens (primary N) is 1. The topological polar surface area (TPSA) is 84.2 Å². The molecule has 5 nitrogen and oxygen atoms in total. The third-order valence-electron chi connectivity index (χ3n) is 2.72. The Bertz CT molecular complexity index is 498. The monoisotopic (exact) mass is 313 g/mol. The number of amides is 2. The summed E-state index contributed by atoms with van der Waals surface area (Å²) >= 11 is 0. The summed E-state index contributed by atoms with van der Waals surface area (Å²) in [5.41, 5.74) is 6.08. The van der Waals surface area contributed by atoms with Gasteiger partial charge >= 0.3 is 0 Å². The van der Waals surface area contributed by atoms with Crippen molar-refractivity contribution in [3.63, 3.8) is 0 Å². The molecule has 2 amide bonds. The quantitative estimate of drug-likeness (QED) is 0.796. The Morgan fingerprint density at radius 2 is 1.81 bits per heavy atom. The normalized spacial score (nSPS) is 12.0. The van der Waals surface area contributed by atoms with Gasteiger partial charge in [-0.2, -0.15) is 0 Å². The van der Waals surface area contributed by atoms with Crippen molar-refractivity contribution >= 4 is 29.9 Å². The lowest BCUT2D eigenvalue weighted by molar-refractivity contribution is -0.119. The van der Waals surface area contributed by atoms with Gasteiger partial charge in [0.05, 0.1) is 11.3 Å². The molecular weight excluding hydrogens is 290 g/mol. The summed E-state index contributed by atoms with van der Waals surface area (Å²) in [6.45, 7) is 7.73. The summed E-state index contributed by atoms with van der Waals surface area (Å²) in [5, 5.41) is 5.63. The van der Waals surface area contributed by atoms with Gasteiger partial charge in [-0.15, -0.1) is 12.4 Å². The summed E-state index contributed by atoms with van der Waals surface area (Å²) in [5.74, 6) is -0.703. The first-order chi connectivity index (χ1) is 9.24. The first-order valence-electron chi connectivity index (χ1n) is 6.67. The van der Waals surface area contributed by atoms with Gasteiger partial charge in [-0.1, -0.05) is 19.1 Å². The van der Waals surface area contributed by atoms with Crippen molar-refractivity contribution < 1.29 is 9.59 Å². The van der Waals surface area contributed by atoms with Crippen LogP contribution in [0, 0.1) is 5.92 Å². The SMILES string of the molecule is CC(CN)C(=O)Nc1ccccc1C(=O)NC(C)(C)C.Cl. The van der Waals surface area contributed by atoms with Crippen molar-refractivity contribution in [2.24, 2.45) is 11.7 Å². The van der Waals surface area contributed by atoms with Crippen LogP contribution in [0.4, 0.5) is 5.69 Å². The van der Waals surface area contributed by atoms with Crippen LogP contribution in [0.2, 0.25) is 0 Å². The van der Waals surface area contributed by atoms with Gasteiger partial charge in [0.15, 0.2) is 0 Å². The zero-order chi connectivity index (χ0) is 15.3. The fourth-order valence-electron chi connectivity index (χ4n) is 1.56. The van der Waals surface area contributed by atoms with Crippen LogP contribution in [0.3, 0.4) is 0 Å². The predicted molar refractivity (Wildman–Crippen MR) is 87.8 cm³/mol. The molecule has 1 aromatic rings. The first kappa shape index (κ1) is 19.4. The molecule has 118 valence electrons. The molecule has 0 fully saturated rings. The van der Waals surface area contributed by atoms with E-state index in [2.05, 4.69) is 10.6 Å². The van der Waals surface area contributed by atoms with E-state index < -0.39 is 0 Å². The van der Waals surface area contributed by atoms with Crippen LogP contribution in [-0.2, 0) is 4.79 Å². The minimum Gasteiger partial charge on any atom is -0.347 e. The highest BCUT2D eigenvalue weighted by molar-refractivity contribution is 6.04. The molecule has 0 heterocycles. The molecule has 1 rings (SSSR count). The van der Waals surface area contributed by atoms with Gasteiger partial charge in [0, 0.05) is 18.0 Å². The number of halogens is 1. The van der Waals surface area contributed by atoms with E-state index in [1.54, 1.807) is 31.2 Å². The Morgan fingerprint density at radius 1 is 1.24 bits per heavy atom. The minimum absolute atomic E-state index is 0. The van der Waals surface area contributed by atoms with Crippen molar-refractivity contribution in [2.45, 2.75) is 33.2 Å². The number of nitrogens with one attached hydrogen (secondary N) is 2. The second-order valence-electron chi connectivity index (χ2n) is 5.88. The summed E-state index contributed by atoms with van der Waals surface area (Å²) in [6.07, 6.45) is 0. The van der Waals surface area contributed by atoms with Crippen molar-refractivity contribution in [1.82, 2.24) is 5.32 Å². The van der Waals surface area contributed by atoms with Crippen LogP contribution in [0.25, 0.3) is 0 Å². The second kappa shape index (κ2) is 8.00. The number of hydrogen-bond acceptors (Lipinski definition) is 3. The molecule has 1 unspecified atom stereocenters. The zero-order valence-electron chi connectivity index (χ0n) is 12.9. The number of anilines is 1. The molecule has 0 aliphatic rings. The maximum Gasteiger partial charge on any atom is 0.253 e. The van der Waals surface area contributed by atoms with Crippen molar-refractivity contribution in [1.29, 1.82) is 0 Å². The van der Waals surface area contributed by atoms with E-state index in [1.807, 2.05) is 20.8 Å². The lowest BCUT2D eigenvalue weighted by Gasteiger charge is -2.21. The average molecular weight is 314 g/mol. The Balaban J connectivity index is 0.00000400. The van der Waals surface area contributed by atoms with Crippen LogP contribution >= 0.6 is 12.4 Å². The maximum atomic E-state index is 12.2. The van der Waals surface area contributed by atoms with Crippen molar-refractivity contribution in [2.75, 3.05) is 11.9 Å². The summed E-state index contributed by atoms with van der Waals surface area (Å²) in [7, 11) is 0. The van der Waals surface area contributed by atoms with E-state index in [-0.39, 0.29) is 42.2 Å². The molecule has 6 heteroatoms. The van der Waals surface area contributed by atoms with Crippen LogP contribution < -0.4 is 16.4 Å². The molecule has 0 bridgehead atoms. The molecule has 0 spiro atoms. The summed E-state index contributed by atoms with van der Waals surface area (Å²) < 4.78 is 0. The van der Waals surface area contributed by atoms with Crippen LogP contribution in [0.15, 0.2) is 24.3 Å². The van der Waals surface area contributed by atoms with E-state index in [4.69, 9.17) is 5.73 Å². The average Bonchev–Trinajstić information content (AvgIpc) is 2.36. The molecule has 0 aliphatic heterocycles. The smallest absolute Gasteiger partial charge is 0.253 e. The van der Waals surface area contributed by atoms with Crippen molar-refractivity contribution in [3.05, 3.63) is 29.8 Å². The summed E-state index contributed by atoms with van der Waals surface area (Å²) in [6, 6.07) is 6.93. The molecule has 0 aliphatic carbocycles. The molecule has 0 aromatic heterocycles. The number of benzene rings is 1. The Kier molecular flexibility index (Phi) is 7.39. The zero-order valence-corrected chi connectivity index (χ0v) is 13.7. The second-order valence-corrected chi connectivity index (χ2v) is 5.88. The molecule has 0 radical (unpaired) electrons. The predicted octanol–water partition coefficient (Wildman–Crippen LogP) is 2.17. The largest absolute Gasteiger partial charge is 0.347 e. The van der Waals surface area contributed by atoms with Crippen molar-refractivity contribution in [3.8, 4) is 0 Å². The van der Waals surface area contributed by atoms with E-state index in [0.717, 1.165) is 0 Å². The molecular formula is C15H24ClN3O2. The number of carbonyl (C=O) groups excluding carboxylic acids is 2. The highest BCUT2D eigenvalue weighted by Gasteiger charge is 2.19. The third kappa shape index (κ3) is 6.14. The number of rotatable bonds is 4. The van der Waals surface area contributed by atoms with E-state index in [0.29, 0.717) is 11.3 Å². The van der Waals surface area contributed by atoms with E-state index in [9.17, 15) is 9.59 Å². The van der Waals surface area contributed by atoms with E-state index in [1.165, 1.54) is 0 Å². The van der Waals surface area contributed by atoms with Gasteiger partial charge < -0.3 is 16.4 Å². The van der Waals surface area contributed by atoms with Gasteiger partial charge in [0.2, 0.25) is 5.91 Å².